The molecule has 2 aromatic rings. The maximum absolute atomic E-state index is 12.3. The lowest BCUT2D eigenvalue weighted by atomic mass is 10.0. The number of amides is 2. The van der Waals surface area contributed by atoms with Crippen molar-refractivity contribution < 1.29 is 19.1 Å². The summed E-state index contributed by atoms with van der Waals surface area (Å²) in [5.74, 6) is -1.41. The monoisotopic (exact) mass is 423 g/mol. The van der Waals surface area contributed by atoms with Crippen molar-refractivity contribution in [2.45, 2.75) is 32.4 Å². The van der Waals surface area contributed by atoms with Crippen molar-refractivity contribution in [3.63, 3.8) is 0 Å². The number of pyridine rings is 1. The van der Waals surface area contributed by atoms with E-state index >= 15 is 0 Å². The molecule has 0 aliphatic rings. The van der Waals surface area contributed by atoms with Crippen molar-refractivity contribution >= 4 is 46.8 Å². The van der Waals surface area contributed by atoms with Crippen LogP contribution in [-0.4, -0.2) is 28.9 Å². The summed E-state index contributed by atoms with van der Waals surface area (Å²) in [6.45, 7) is 2.78. The zero-order valence-corrected chi connectivity index (χ0v) is 16.8. The maximum atomic E-state index is 12.3. The van der Waals surface area contributed by atoms with Gasteiger partial charge in [0.2, 0.25) is 5.91 Å². The summed E-state index contributed by atoms with van der Waals surface area (Å²) in [5, 5.41) is 5.66. The van der Waals surface area contributed by atoms with Crippen molar-refractivity contribution in [3.8, 4) is 0 Å². The molecule has 0 saturated heterocycles. The topological polar surface area (TPSA) is 97.4 Å². The highest BCUT2D eigenvalue weighted by atomic mass is 35.5. The molecular weight excluding hydrogens is 405 g/mol. The third-order valence-corrected chi connectivity index (χ3v) is 4.17. The second-order valence-electron chi connectivity index (χ2n) is 5.97. The number of nitrogens with one attached hydrogen (secondary N) is 2. The molecule has 2 rings (SSSR count). The molecule has 1 aromatic carbocycles. The molecule has 0 radical (unpaired) electrons. The Morgan fingerprint density at radius 3 is 2.46 bits per heavy atom. The summed E-state index contributed by atoms with van der Waals surface area (Å²) in [5.41, 5.74) is 0.754. The van der Waals surface area contributed by atoms with Gasteiger partial charge in [-0.25, -0.2) is 4.98 Å². The Kier molecular flexibility index (Phi) is 7.78. The number of aromatic nitrogens is 1. The SMILES string of the molecule is CC(=O)N[C@@H](CC(=O)O[C@H](C)C(=O)Nc1ncc(Cl)cc1Cl)c1ccccc1. The van der Waals surface area contributed by atoms with E-state index < -0.39 is 24.0 Å². The van der Waals surface area contributed by atoms with E-state index in [0.29, 0.717) is 5.02 Å². The maximum Gasteiger partial charge on any atom is 0.309 e. The van der Waals surface area contributed by atoms with Crippen LogP contribution in [0, 0.1) is 0 Å². The van der Waals surface area contributed by atoms with Crippen LogP contribution in [0.25, 0.3) is 0 Å². The second kappa shape index (κ2) is 10.1. The van der Waals surface area contributed by atoms with Crippen molar-refractivity contribution in [3.05, 3.63) is 58.2 Å². The van der Waals surface area contributed by atoms with Gasteiger partial charge in [0.1, 0.15) is 0 Å². The summed E-state index contributed by atoms with van der Waals surface area (Å²) in [6, 6.07) is 9.88. The fraction of sp³-hybridized carbons (Fsp3) is 0.263. The molecule has 2 atom stereocenters. The number of carbonyl (C=O) groups is 3. The predicted octanol–water partition coefficient (Wildman–Crippen LogP) is 3.53. The first-order valence-corrected chi connectivity index (χ1v) is 9.15. The lowest BCUT2D eigenvalue weighted by Gasteiger charge is -2.19. The average molecular weight is 424 g/mol. The van der Waals surface area contributed by atoms with Crippen LogP contribution in [0.15, 0.2) is 42.6 Å². The fourth-order valence-corrected chi connectivity index (χ4v) is 2.80. The molecule has 1 heterocycles. The van der Waals surface area contributed by atoms with Gasteiger partial charge in [0.15, 0.2) is 11.9 Å². The molecule has 0 spiro atoms. The summed E-state index contributed by atoms with van der Waals surface area (Å²) >= 11 is 11.7. The van der Waals surface area contributed by atoms with Crippen molar-refractivity contribution in [1.29, 1.82) is 0 Å². The van der Waals surface area contributed by atoms with Crippen LogP contribution < -0.4 is 10.6 Å². The minimum absolute atomic E-state index is 0.111. The average Bonchev–Trinajstić information content (AvgIpc) is 2.63. The second-order valence-corrected chi connectivity index (χ2v) is 6.82. The number of esters is 1. The quantitative estimate of drug-likeness (QED) is 0.663. The van der Waals surface area contributed by atoms with Crippen LogP contribution in [-0.2, 0) is 19.1 Å². The number of halogens is 2. The van der Waals surface area contributed by atoms with Crippen molar-refractivity contribution in [2.75, 3.05) is 5.32 Å². The van der Waals surface area contributed by atoms with Gasteiger partial charge in [0, 0.05) is 13.1 Å². The molecule has 0 unspecified atom stereocenters. The Morgan fingerprint density at radius 1 is 1.18 bits per heavy atom. The number of nitrogens with zero attached hydrogens (tertiary/aromatic N) is 1. The number of hydrogen-bond donors (Lipinski definition) is 2. The molecule has 2 amide bonds. The fourth-order valence-electron chi connectivity index (χ4n) is 2.37. The first kappa shape index (κ1) is 21.7. The van der Waals surface area contributed by atoms with Crippen LogP contribution >= 0.6 is 23.2 Å². The Labute approximate surface area is 172 Å². The molecule has 0 bridgehead atoms. The first-order chi connectivity index (χ1) is 13.3. The standard InChI is InChI=1S/C19H19Cl2N3O4/c1-11(19(27)24-18-15(21)8-14(20)10-22-18)28-17(26)9-16(23-12(2)25)13-6-4-3-5-7-13/h3-8,10-11,16H,9H2,1-2H3,(H,23,25)(H,22,24,27)/t11-,16+/m1/s1. The summed E-state index contributed by atoms with van der Waals surface area (Å²) in [4.78, 5) is 39.9. The van der Waals surface area contributed by atoms with E-state index in [2.05, 4.69) is 15.6 Å². The van der Waals surface area contributed by atoms with E-state index in [1.54, 1.807) is 24.3 Å². The lowest BCUT2D eigenvalue weighted by Crippen LogP contribution is -2.33. The highest BCUT2D eigenvalue weighted by Gasteiger charge is 2.23. The van der Waals surface area contributed by atoms with Gasteiger partial charge in [-0.05, 0) is 18.6 Å². The molecule has 2 N–H and O–H groups in total. The first-order valence-electron chi connectivity index (χ1n) is 8.39. The number of hydrogen-bond acceptors (Lipinski definition) is 5. The van der Waals surface area contributed by atoms with E-state index in [-0.39, 0.29) is 23.2 Å². The van der Waals surface area contributed by atoms with Crippen LogP contribution in [0.2, 0.25) is 10.0 Å². The van der Waals surface area contributed by atoms with Gasteiger partial charge < -0.3 is 15.4 Å². The smallest absolute Gasteiger partial charge is 0.309 e. The van der Waals surface area contributed by atoms with Crippen LogP contribution in [0.4, 0.5) is 5.82 Å². The van der Waals surface area contributed by atoms with Crippen LogP contribution in [0.1, 0.15) is 31.9 Å². The zero-order chi connectivity index (χ0) is 20.7. The third-order valence-electron chi connectivity index (χ3n) is 3.68. The Bertz CT molecular complexity index is 862. The molecule has 1 aromatic heterocycles. The molecule has 0 aliphatic carbocycles. The van der Waals surface area contributed by atoms with Gasteiger partial charge in [-0.2, -0.15) is 0 Å². The molecule has 28 heavy (non-hydrogen) atoms. The minimum atomic E-state index is -1.09. The number of ether oxygens (including phenoxy) is 1. The third kappa shape index (κ3) is 6.51. The predicted molar refractivity (Wildman–Crippen MR) is 106 cm³/mol. The molecule has 0 fully saturated rings. The largest absolute Gasteiger partial charge is 0.452 e. The molecule has 0 aliphatic heterocycles. The normalized spacial score (nSPS) is 12.6. The molecule has 148 valence electrons. The summed E-state index contributed by atoms with van der Waals surface area (Å²) < 4.78 is 5.18. The highest BCUT2D eigenvalue weighted by molar-refractivity contribution is 6.36. The van der Waals surface area contributed by atoms with Gasteiger partial charge in [0.25, 0.3) is 5.91 Å². The lowest BCUT2D eigenvalue weighted by molar-refractivity contribution is -0.153. The Hall–Kier alpha value is -2.64. The van der Waals surface area contributed by atoms with Gasteiger partial charge in [-0.1, -0.05) is 53.5 Å². The summed E-state index contributed by atoms with van der Waals surface area (Å²) in [6.07, 6.45) is 0.119. The van der Waals surface area contributed by atoms with Crippen molar-refractivity contribution in [2.24, 2.45) is 0 Å². The zero-order valence-electron chi connectivity index (χ0n) is 15.2. The molecule has 0 saturated carbocycles. The van der Waals surface area contributed by atoms with Gasteiger partial charge >= 0.3 is 5.97 Å². The summed E-state index contributed by atoms with van der Waals surface area (Å²) in [7, 11) is 0. The highest BCUT2D eigenvalue weighted by Crippen LogP contribution is 2.23. The van der Waals surface area contributed by atoms with E-state index in [1.165, 1.54) is 26.1 Å². The van der Waals surface area contributed by atoms with E-state index in [0.717, 1.165) is 5.56 Å². The Morgan fingerprint density at radius 2 is 1.86 bits per heavy atom. The Balaban J connectivity index is 1.97. The van der Waals surface area contributed by atoms with Crippen LogP contribution in [0.5, 0.6) is 0 Å². The van der Waals surface area contributed by atoms with Gasteiger partial charge in [-0.15, -0.1) is 0 Å². The number of anilines is 1. The minimum Gasteiger partial charge on any atom is -0.452 e. The molecule has 7 nitrogen and oxygen atoms in total. The molecule has 9 heteroatoms. The number of carbonyl (C=O) groups excluding carboxylic acids is 3. The van der Waals surface area contributed by atoms with Gasteiger partial charge in [-0.3, -0.25) is 14.4 Å². The van der Waals surface area contributed by atoms with Crippen molar-refractivity contribution in [1.82, 2.24) is 10.3 Å². The van der Waals surface area contributed by atoms with E-state index in [1.807, 2.05) is 6.07 Å². The molecular formula is C19H19Cl2N3O4. The number of benzene rings is 1. The van der Waals surface area contributed by atoms with E-state index in [9.17, 15) is 14.4 Å². The van der Waals surface area contributed by atoms with Gasteiger partial charge in [0.05, 0.1) is 22.5 Å². The number of rotatable bonds is 7. The van der Waals surface area contributed by atoms with E-state index in [4.69, 9.17) is 27.9 Å². The van der Waals surface area contributed by atoms with Crippen LogP contribution in [0.3, 0.4) is 0 Å².